The molecule has 21 heavy (non-hydrogen) atoms. The predicted octanol–water partition coefficient (Wildman–Crippen LogP) is 5.97. The number of ether oxygens (including phenoxy) is 1. The molecule has 0 aromatic carbocycles. The van der Waals surface area contributed by atoms with Crippen molar-refractivity contribution in [3.05, 3.63) is 35.5 Å². The summed E-state index contributed by atoms with van der Waals surface area (Å²) in [5, 5.41) is 0. The first-order valence-electron chi connectivity index (χ1n) is 8.55. The largest absolute Gasteiger partial charge is 0.366 e. The first-order valence-corrected chi connectivity index (χ1v) is 8.55. The predicted molar refractivity (Wildman–Crippen MR) is 91.4 cm³/mol. The zero-order valence-electron chi connectivity index (χ0n) is 14.4. The summed E-state index contributed by atoms with van der Waals surface area (Å²) < 4.78 is 6.04. The summed E-state index contributed by atoms with van der Waals surface area (Å²) in [4.78, 5) is 0. The Hall–Kier alpha value is -0.820. The van der Waals surface area contributed by atoms with Crippen LogP contribution in [0.25, 0.3) is 0 Å². The summed E-state index contributed by atoms with van der Waals surface area (Å²) in [5.74, 6) is 0.611. The Morgan fingerprint density at radius 3 is 2.57 bits per heavy atom. The maximum atomic E-state index is 6.04. The fraction of sp³-hybridized carbons (Fsp3) is 0.700. The molecule has 0 radical (unpaired) electrons. The monoisotopic (exact) mass is 288 g/mol. The minimum Gasteiger partial charge on any atom is -0.366 e. The molecule has 0 amide bonds. The van der Waals surface area contributed by atoms with E-state index in [1.807, 2.05) is 0 Å². The molecule has 2 aliphatic rings. The third-order valence-corrected chi connectivity index (χ3v) is 5.28. The molecule has 1 heteroatoms. The molecule has 1 heterocycles. The molecular weight excluding hydrogens is 256 g/mol. The highest BCUT2D eigenvalue weighted by atomic mass is 16.6. The number of fused-ring (bicyclic) bond motifs is 1. The summed E-state index contributed by atoms with van der Waals surface area (Å²) >= 11 is 0. The van der Waals surface area contributed by atoms with Crippen molar-refractivity contribution in [2.24, 2.45) is 5.92 Å². The summed E-state index contributed by atoms with van der Waals surface area (Å²) in [7, 11) is 0. The molecule has 0 aromatic heterocycles. The second kappa shape index (κ2) is 6.96. The molecule has 2 rings (SSSR count). The molecule has 0 unspecified atom stereocenters. The number of epoxide rings is 1. The van der Waals surface area contributed by atoms with Crippen LogP contribution in [-0.2, 0) is 4.74 Å². The molecule has 0 bridgehead atoms. The minimum absolute atomic E-state index is 0.124. The molecule has 118 valence electrons. The van der Waals surface area contributed by atoms with Gasteiger partial charge in [0.1, 0.15) is 0 Å². The Morgan fingerprint density at radius 1 is 1.19 bits per heavy atom. The van der Waals surface area contributed by atoms with Gasteiger partial charge >= 0.3 is 0 Å². The molecule has 3 atom stereocenters. The molecule has 1 aliphatic carbocycles. The van der Waals surface area contributed by atoms with Crippen LogP contribution in [0.1, 0.15) is 72.6 Å². The smallest absolute Gasteiger partial charge is 0.0923 e. The van der Waals surface area contributed by atoms with Crippen LogP contribution in [-0.4, -0.2) is 11.7 Å². The number of hydrogen-bond donors (Lipinski definition) is 0. The molecule has 1 saturated heterocycles. The Bertz CT molecular complexity index is 443. The maximum absolute atomic E-state index is 6.04. The van der Waals surface area contributed by atoms with E-state index in [9.17, 15) is 0 Å². The highest BCUT2D eigenvalue weighted by molar-refractivity contribution is 5.10. The minimum atomic E-state index is 0.124. The van der Waals surface area contributed by atoms with E-state index in [1.54, 1.807) is 0 Å². The average Bonchev–Trinajstić information content (AvgIpc) is 3.03. The van der Waals surface area contributed by atoms with Crippen molar-refractivity contribution in [3.8, 4) is 0 Å². The summed E-state index contributed by atoms with van der Waals surface area (Å²) in [6.07, 6.45) is 13.6. The van der Waals surface area contributed by atoms with Crippen molar-refractivity contribution in [3.63, 3.8) is 0 Å². The number of rotatable bonds is 1. The van der Waals surface area contributed by atoms with E-state index < -0.39 is 0 Å². The lowest BCUT2D eigenvalue weighted by atomic mass is 9.86. The van der Waals surface area contributed by atoms with E-state index in [1.165, 1.54) is 42.4 Å². The van der Waals surface area contributed by atoms with Gasteiger partial charge in [0.2, 0.25) is 0 Å². The lowest BCUT2D eigenvalue weighted by Gasteiger charge is -2.17. The highest BCUT2D eigenvalue weighted by Crippen LogP contribution is 2.45. The van der Waals surface area contributed by atoms with Gasteiger partial charge in [0.15, 0.2) is 0 Å². The molecule has 1 fully saturated rings. The molecule has 1 nitrogen and oxygen atoms in total. The van der Waals surface area contributed by atoms with Crippen molar-refractivity contribution >= 4 is 0 Å². The van der Waals surface area contributed by atoms with Crippen molar-refractivity contribution in [2.75, 3.05) is 0 Å². The highest BCUT2D eigenvalue weighted by Gasteiger charge is 2.51. The van der Waals surface area contributed by atoms with Gasteiger partial charge in [0.05, 0.1) is 11.7 Å². The van der Waals surface area contributed by atoms with E-state index in [0.717, 1.165) is 19.3 Å². The van der Waals surface area contributed by atoms with Gasteiger partial charge in [-0.15, -0.1) is 0 Å². The van der Waals surface area contributed by atoms with E-state index >= 15 is 0 Å². The van der Waals surface area contributed by atoms with Crippen molar-refractivity contribution < 1.29 is 4.74 Å². The molecular formula is C20H32O. The van der Waals surface area contributed by atoms with Crippen LogP contribution < -0.4 is 0 Å². The Kier molecular flexibility index (Phi) is 5.48. The normalized spacial score (nSPS) is 40.0. The zero-order chi connectivity index (χ0) is 15.5. The second-order valence-corrected chi connectivity index (χ2v) is 7.42. The second-order valence-electron chi connectivity index (χ2n) is 7.42. The van der Waals surface area contributed by atoms with Gasteiger partial charge in [-0.05, 0) is 78.6 Å². The summed E-state index contributed by atoms with van der Waals surface area (Å²) in [6.45, 7) is 13.2. The Morgan fingerprint density at radius 2 is 1.86 bits per heavy atom. The quantitative estimate of drug-likeness (QED) is 0.427. The standard InChI is InChI=1S/C20H32O/c1-15(2)18-12-11-17(4)9-6-8-16(3)10-7-13-20(5)19(14-18)21-20/h9-10,18-19H,1,6-8,11-14H2,2-5H3/b16-10+,17-9+/t18-,19+,20+/m1/s1. The number of hydrogen-bond acceptors (Lipinski definition) is 1. The summed E-state index contributed by atoms with van der Waals surface area (Å²) in [5.41, 5.74) is 4.50. The first-order chi connectivity index (χ1) is 9.90. The van der Waals surface area contributed by atoms with Crippen LogP contribution >= 0.6 is 0 Å². The molecule has 0 saturated carbocycles. The molecule has 0 spiro atoms. The topological polar surface area (TPSA) is 12.5 Å². The van der Waals surface area contributed by atoms with Gasteiger partial charge in [-0.3, -0.25) is 0 Å². The van der Waals surface area contributed by atoms with E-state index in [4.69, 9.17) is 4.74 Å². The van der Waals surface area contributed by atoms with Crippen molar-refractivity contribution in [1.29, 1.82) is 0 Å². The van der Waals surface area contributed by atoms with Crippen LogP contribution in [0.15, 0.2) is 35.5 Å². The van der Waals surface area contributed by atoms with Crippen LogP contribution in [0, 0.1) is 5.92 Å². The lowest BCUT2D eigenvalue weighted by molar-refractivity contribution is 0.289. The van der Waals surface area contributed by atoms with Gasteiger partial charge < -0.3 is 4.74 Å². The average molecular weight is 288 g/mol. The zero-order valence-corrected chi connectivity index (χ0v) is 14.4. The molecule has 1 aliphatic heterocycles. The van der Waals surface area contributed by atoms with E-state index in [2.05, 4.69) is 46.4 Å². The Labute approximate surface area is 131 Å². The SMILES string of the molecule is C=C(C)[C@@H]1CC/C(C)=C/CC/C(C)=C/CC[C@]2(C)O[C@H]2C1. The van der Waals surface area contributed by atoms with Gasteiger partial charge in [-0.1, -0.05) is 35.5 Å². The van der Waals surface area contributed by atoms with Crippen LogP contribution in [0.3, 0.4) is 0 Å². The van der Waals surface area contributed by atoms with Gasteiger partial charge in [0.25, 0.3) is 0 Å². The van der Waals surface area contributed by atoms with Gasteiger partial charge in [-0.25, -0.2) is 0 Å². The third kappa shape index (κ3) is 4.85. The van der Waals surface area contributed by atoms with Crippen LogP contribution in [0.2, 0.25) is 0 Å². The van der Waals surface area contributed by atoms with Crippen LogP contribution in [0.4, 0.5) is 0 Å². The van der Waals surface area contributed by atoms with Gasteiger partial charge in [0, 0.05) is 0 Å². The van der Waals surface area contributed by atoms with Crippen molar-refractivity contribution in [1.82, 2.24) is 0 Å². The maximum Gasteiger partial charge on any atom is 0.0923 e. The number of allylic oxidation sites excluding steroid dienone is 5. The lowest BCUT2D eigenvalue weighted by Crippen LogP contribution is -2.14. The van der Waals surface area contributed by atoms with Gasteiger partial charge in [-0.2, -0.15) is 0 Å². The molecule has 0 N–H and O–H groups in total. The molecule has 0 aromatic rings. The fourth-order valence-corrected chi connectivity index (χ4v) is 3.39. The summed E-state index contributed by atoms with van der Waals surface area (Å²) in [6, 6.07) is 0. The van der Waals surface area contributed by atoms with Crippen molar-refractivity contribution in [2.45, 2.75) is 84.3 Å². The van der Waals surface area contributed by atoms with E-state index in [-0.39, 0.29) is 5.60 Å². The van der Waals surface area contributed by atoms with Crippen LogP contribution in [0.5, 0.6) is 0 Å². The Balaban J connectivity index is 2.05. The van der Waals surface area contributed by atoms with E-state index in [0.29, 0.717) is 12.0 Å². The first kappa shape index (κ1) is 16.5. The fourth-order valence-electron chi connectivity index (χ4n) is 3.39. The third-order valence-electron chi connectivity index (χ3n) is 5.28.